The molecule has 0 spiro atoms. The molecule has 0 radical (unpaired) electrons. The van der Waals surface area contributed by atoms with E-state index in [1.54, 1.807) is 19.2 Å². The van der Waals surface area contributed by atoms with Crippen LogP contribution in [0.3, 0.4) is 0 Å². The van der Waals surface area contributed by atoms with Gasteiger partial charge in [-0.25, -0.2) is 8.42 Å². The van der Waals surface area contributed by atoms with Crippen molar-refractivity contribution in [2.45, 2.75) is 106 Å². The fraction of sp³-hybridized carbons (Fsp3) is 0.475. The van der Waals surface area contributed by atoms with Crippen LogP contribution in [0.4, 0.5) is 11.4 Å². The van der Waals surface area contributed by atoms with Crippen LogP contribution < -0.4 is 15.5 Å². The van der Waals surface area contributed by atoms with Gasteiger partial charge in [0, 0.05) is 54.0 Å². The summed E-state index contributed by atoms with van der Waals surface area (Å²) in [6.45, 7) is 11.7. The minimum absolute atomic E-state index is 0.0437. The highest BCUT2D eigenvalue weighted by Crippen LogP contribution is 2.48. The standard InChI is InChI=1S/C40H54N4O9S2/c1-7-43-33-22-20-28(54(48,49)50)26-30(33)39(2,3)35(43)17-10-8-11-18-36-40(4,5)31-27-29(55(51,52)53)21-23-34(31)44(36)25-15-9-12-19-37(45)42-24-14-13-16-32(41-6)38(46)47/h8,10-11,17-18,20-23,26-27,32,41H,7,9,12-16,19,24-25H2,1-6H3,(H3-,42,45,46,47,48,49,50,51,52,53)/t32-/m0/s1. The lowest BCUT2D eigenvalue weighted by molar-refractivity contribution is -0.433. The zero-order valence-electron chi connectivity index (χ0n) is 32.5. The minimum atomic E-state index is -4.60. The van der Waals surface area contributed by atoms with E-state index >= 15 is 0 Å². The van der Waals surface area contributed by atoms with E-state index in [4.69, 9.17) is 5.11 Å². The molecule has 300 valence electrons. The van der Waals surface area contributed by atoms with E-state index < -0.39 is 43.1 Å². The summed E-state index contributed by atoms with van der Waals surface area (Å²) >= 11 is 0. The molecule has 1 amide bonds. The van der Waals surface area contributed by atoms with Crippen molar-refractivity contribution >= 4 is 49.2 Å². The second kappa shape index (κ2) is 17.8. The lowest BCUT2D eigenvalue weighted by Crippen LogP contribution is -2.33. The Morgan fingerprint density at radius 2 is 1.60 bits per heavy atom. The van der Waals surface area contributed by atoms with E-state index in [1.807, 2.05) is 65.0 Å². The Morgan fingerprint density at radius 1 is 0.909 bits per heavy atom. The van der Waals surface area contributed by atoms with Crippen LogP contribution in [0.25, 0.3) is 0 Å². The zero-order chi connectivity index (χ0) is 40.8. The first-order valence-corrected chi connectivity index (χ1v) is 21.5. The second-order valence-corrected chi connectivity index (χ2v) is 17.8. The van der Waals surface area contributed by atoms with Gasteiger partial charge in [-0.05, 0) is 102 Å². The smallest absolute Gasteiger partial charge is 0.320 e. The predicted octanol–water partition coefficient (Wildman–Crippen LogP) is 5.55. The van der Waals surface area contributed by atoms with Crippen molar-refractivity contribution in [1.29, 1.82) is 0 Å². The van der Waals surface area contributed by atoms with Gasteiger partial charge in [0.15, 0.2) is 5.71 Å². The number of aliphatic carboxylic acids is 1. The molecule has 2 aliphatic heterocycles. The molecular weight excluding hydrogens is 745 g/mol. The van der Waals surface area contributed by atoms with Crippen LogP contribution in [-0.2, 0) is 40.7 Å². The molecule has 2 aromatic carbocycles. The lowest BCUT2D eigenvalue weighted by Gasteiger charge is -2.27. The van der Waals surface area contributed by atoms with Crippen LogP contribution >= 0.6 is 0 Å². The van der Waals surface area contributed by atoms with Crippen molar-refractivity contribution in [2.24, 2.45) is 0 Å². The van der Waals surface area contributed by atoms with Crippen molar-refractivity contribution in [2.75, 3.05) is 31.6 Å². The van der Waals surface area contributed by atoms with Crippen LogP contribution in [0, 0.1) is 0 Å². The van der Waals surface area contributed by atoms with E-state index in [0.717, 1.165) is 46.8 Å². The normalized spacial score (nSPS) is 17.7. The third-order valence-electron chi connectivity index (χ3n) is 10.5. The van der Waals surface area contributed by atoms with Gasteiger partial charge in [0.05, 0.1) is 15.2 Å². The molecule has 2 heterocycles. The summed E-state index contributed by atoms with van der Waals surface area (Å²) in [6.07, 6.45) is 14.2. The molecule has 1 atom stereocenters. The quantitative estimate of drug-likeness (QED) is 0.0603. The highest BCUT2D eigenvalue weighted by Gasteiger charge is 2.44. The highest BCUT2D eigenvalue weighted by atomic mass is 32.2. The number of rotatable bonds is 19. The summed E-state index contributed by atoms with van der Waals surface area (Å²) in [5.41, 5.74) is 3.93. The fourth-order valence-electron chi connectivity index (χ4n) is 7.48. The first-order valence-electron chi connectivity index (χ1n) is 18.6. The highest BCUT2D eigenvalue weighted by molar-refractivity contribution is 7.86. The van der Waals surface area contributed by atoms with Gasteiger partial charge in [-0.1, -0.05) is 38.5 Å². The van der Waals surface area contributed by atoms with E-state index in [9.17, 15) is 35.5 Å². The van der Waals surface area contributed by atoms with E-state index in [0.29, 0.717) is 51.7 Å². The Morgan fingerprint density at radius 3 is 2.24 bits per heavy atom. The molecule has 0 fully saturated rings. The van der Waals surface area contributed by atoms with Gasteiger partial charge in [-0.2, -0.15) is 13.0 Å². The van der Waals surface area contributed by atoms with E-state index in [1.165, 1.54) is 24.3 Å². The van der Waals surface area contributed by atoms with Crippen molar-refractivity contribution in [3.05, 3.63) is 83.6 Å². The van der Waals surface area contributed by atoms with Gasteiger partial charge >= 0.3 is 5.97 Å². The minimum Gasteiger partial charge on any atom is -0.744 e. The Bertz CT molecular complexity index is 2120. The number of fused-ring (bicyclic) bond motifs is 2. The number of carboxylic acids is 1. The summed E-state index contributed by atoms with van der Waals surface area (Å²) in [5, 5.41) is 14.8. The molecule has 0 saturated carbocycles. The Kier molecular flexibility index (Phi) is 14.1. The predicted molar refractivity (Wildman–Crippen MR) is 212 cm³/mol. The third-order valence-corrected chi connectivity index (χ3v) is 12.2. The van der Waals surface area contributed by atoms with E-state index in [-0.39, 0.29) is 15.7 Å². The number of hydrogen-bond acceptors (Lipinski definition) is 9. The van der Waals surface area contributed by atoms with E-state index in [2.05, 4.69) is 20.1 Å². The maximum atomic E-state index is 12.4. The van der Waals surface area contributed by atoms with Gasteiger partial charge < -0.3 is 25.2 Å². The second-order valence-electron chi connectivity index (χ2n) is 15.0. The summed E-state index contributed by atoms with van der Waals surface area (Å²) in [7, 11) is -7.41. The first-order chi connectivity index (χ1) is 25.7. The maximum Gasteiger partial charge on any atom is 0.320 e. The van der Waals surface area contributed by atoms with Crippen LogP contribution in [0.1, 0.15) is 90.7 Å². The van der Waals surface area contributed by atoms with Crippen molar-refractivity contribution in [1.82, 2.24) is 10.6 Å². The number of amides is 1. The average Bonchev–Trinajstić information content (AvgIpc) is 3.45. The largest absolute Gasteiger partial charge is 0.744 e. The summed E-state index contributed by atoms with van der Waals surface area (Å²) in [5.74, 6) is -0.930. The van der Waals surface area contributed by atoms with Gasteiger partial charge in [0.25, 0.3) is 10.1 Å². The molecule has 4 N–H and O–H groups in total. The number of likely N-dealkylation sites (N-methyl/N-ethyl adjacent to an activating group) is 1. The van der Waals surface area contributed by atoms with Crippen molar-refractivity contribution < 1.29 is 45.2 Å². The van der Waals surface area contributed by atoms with Crippen LogP contribution in [0.15, 0.2) is 82.3 Å². The number of unbranched alkanes of at least 4 members (excludes halogenated alkanes) is 3. The first kappa shape index (κ1) is 43.6. The molecule has 0 saturated heterocycles. The SMILES string of the molecule is CC[N+]1=C(/C=C/C=C/C=C2/N(CCCCCC(=O)NCCCC[C@H](NC)C(=O)O)c3ccc(S(=O)(=O)O)cc3C2(C)C)C(C)(C)c2cc(S(=O)(=O)[O-])ccc21. The van der Waals surface area contributed by atoms with Gasteiger partial charge in [0.2, 0.25) is 11.6 Å². The molecule has 2 aromatic rings. The maximum absolute atomic E-state index is 12.4. The number of nitrogens with one attached hydrogen (secondary N) is 2. The molecule has 0 aliphatic carbocycles. The molecule has 0 unspecified atom stereocenters. The fourth-order valence-corrected chi connectivity index (χ4v) is 8.48. The number of carboxylic acid groups (broad SMARTS) is 1. The van der Waals surface area contributed by atoms with Crippen LogP contribution in [-0.4, -0.2) is 85.9 Å². The monoisotopic (exact) mass is 798 g/mol. The summed E-state index contributed by atoms with van der Waals surface area (Å²) < 4.78 is 71.2. The topological polar surface area (TPSA) is 196 Å². The van der Waals surface area contributed by atoms with Crippen LogP contribution in [0.5, 0.6) is 0 Å². The van der Waals surface area contributed by atoms with Crippen molar-refractivity contribution in [3.63, 3.8) is 0 Å². The number of benzene rings is 2. The number of anilines is 1. The van der Waals surface area contributed by atoms with Gasteiger partial charge in [-0.15, -0.1) is 0 Å². The number of nitrogens with zero attached hydrogens (tertiary/aromatic N) is 2. The zero-order valence-corrected chi connectivity index (χ0v) is 34.1. The van der Waals surface area contributed by atoms with Gasteiger partial charge in [-0.3, -0.25) is 14.1 Å². The Balaban J connectivity index is 1.45. The van der Waals surface area contributed by atoms with Gasteiger partial charge in [0.1, 0.15) is 22.7 Å². The van der Waals surface area contributed by atoms with Crippen molar-refractivity contribution in [3.8, 4) is 0 Å². The molecule has 15 heteroatoms. The lowest BCUT2D eigenvalue weighted by atomic mass is 9.81. The number of carbonyl (C=O) groups excluding carboxylic acids is 1. The Hall–Kier alpha value is -4.15. The molecule has 4 rings (SSSR count). The molecule has 0 bridgehead atoms. The number of hydrogen-bond donors (Lipinski definition) is 4. The number of allylic oxidation sites excluding steroid dienone is 6. The summed E-state index contributed by atoms with van der Waals surface area (Å²) in [4.78, 5) is 25.3. The molecule has 0 aromatic heterocycles. The molecule has 13 nitrogen and oxygen atoms in total. The molecular formula is C40H54N4O9S2. The Labute approximate surface area is 325 Å². The number of carbonyl (C=O) groups is 2. The molecule has 55 heavy (non-hydrogen) atoms. The third kappa shape index (κ3) is 10.2. The summed E-state index contributed by atoms with van der Waals surface area (Å²) in [6, 6.07) is 8.53. The van der Waals surface area contributed by atoms with Crippen LogP contribution in [0.2, 0.25) is 0 Å². The molecule has 2 aliphatic rings. The average molecular weight is 799 g/mol.